The second-order valence-corrected chi connectivity index (χ2v) is 4.04. The first-order valence-corrected chi connectivity index (χ1v) is 5.72. The Bertz CT molecular complexity index is 374. The number of carbonyl (C=O) groups excluding carboxylic acids is 1. The van der Waals surface area contributed by atoms with Crippen molar-refractivity contribution in [3.05, 3.63) is 29.6 Å². The summed E-state index contributed by atoms with van der Waals surface area (Å²) in [5, 5.41) is 6.02. The highest BCUT2D eigenvalue weighted by Crippen LogP contribution is 2.07. The van der Waals surface area contributed by atoms with Crippen LogP contribution in [0.1, 0.15) is 18.2 Å². The fourth-order valence-electron chi connectivity index (χ4n) is 1.74. The molecule has 1 saturated heterocycles. The van der Waals surface area contributed by atoms with Gasteiger partial charge in [0.25, 0.3) is 0 Å². The van der Waals surface area contributed by atoms with Crippen LogP contribution >= 0.6 is 0 Å². The monoisotopic (exact) mass is 219 g/mol. The smallest absolute Gasteiger partial charge is 0.226 e. The molecule has 2 heterocycles. The first kappa shape index (κ1) is 11.1. The lowest BCUT2D eigenvalue weighted by atomic mass is 10.0. The summed E-state index contributed by atoms with van der Waals surface area (Å²) in [4.78, 5) is 15.9. The second kappa shape index (κ2) is 5.07. The fraction of sp³-hybridized carbons (Fsp3) is 0.500. The van der Waals surface area contributed by atoms with E-state index >= 15 is 0 Å². The molecule has 1 aromatic heterocycles. The van der Waals surface area contributed by atoms with Gasteiger partial charge < -0.3 is 10.6 Å². The molecule has 0 bridgehead atoms. The molecule has 86 valence electrons. The maximum absolute atomic E-state index is 11.6. The summed E-state index contributed by atoms with van der Waals surface area (Å²) in [5.74, 6) is 0.278. The number of amides is 1. The summed E-state index contributed by atoms with van der Waals surface area (Å²) < 4.78 is 0. The Morgan fingerprint density at radius 1 is 1.62 bits per heavy atom. The summed E-state index contributed by atoms with van der Waals surface area (Å²) in [5.41, 5.74) is 2.18. The number of hydrogen-bond acceptors (Lipinski definition) is 3. The normalized spacial score (nSPS) is 15.6. The zero-order valence-corrected chi connectivity index (χ0v) is 9.49. The lowest BCUT2D eigenvalue weighted by Crippen LogP contribution is -2.50. The first-order chi connectivity index (χ1) is 7.81. The van der Waals surface area contributed by atoms with Gasteiger partial charge in [-0.25, -0.2) is 0 Å². The predicted octanol–water partition coefficient (Wildman–Crippen LogP) is 0.480. The highest BCUT2D eigenvalue weighted by Gasteiger charge is 2.24. The number of rotatable bonds is 4. The third-order valence-electron chi connectivity index (χ3n) is 2.95. The van der Waals surface area contributed by atoms with Gasteiger partial charge in [0.1, 0.15) is 0 Å². The van der Waals surface area contributed by atoms with Crippen LogP contribution in [0.15, 0.2) is 18.3 Å². The van der Waals surface area contributed by atoms with Gasteiger partial charge in [0.2, 0.25) is 5.91 Å². The minimum Gasteiger partial charge on any atom is -0.350 e. The van der Waals surface area contributed by atoms with Crippen molar-refractivity contribution in [2.75, 3.05) is 13.1 Å². The van der Waals surface area contributed by atoms with Crippen LogP contribution in [0.4, 0.5) is 0 Å². The van der Waals surface area contributed by atoms with Crippen LogP contribution in [0, 0.1) is 5.92 Å². The number of aromatic nitrogens is 1. The molecule has 1 aliphatic rings. The van der Waals surface area contributed by atoms with Crippen molar-refractivity contribution in [3.63, 3.8) is 0 Å². The number of nitrogens with zero attached hydrogens (tertiary/aromatic N) is 1. The maximum atomic E-state index is 11.6. The van der Waals surface area contributed by atoms with E-state index in [9.17, 15) is 4.79 Å². The minimum absolute atomic E-state index is 0.131. The topological polar surface area (TPSA) is 54.0 Å². The molecule has 0 aromatic carbocycles. The summed E-state index contributed by atoms with van der Waals surface area (Å²) in [6.45, 7) is 4.24. The van der Waals surface area contributed by atoms with E-state index in [0.29, 0.717) is 6.54 Å². The molecule has 0 aliphatic carbocycles. The standard InChI is InChI=1S/C12H17N3O/c1-2-9-4-3-5-14-11(9)8-15-12(16)10-6-13-7-10/h3-5,10,13H,2,6-8H2,1H3,(H,15,16). The van der Waals surface area contributed by atoms with Crippen molar-refractivity contribution in [1.29, 1.82) is 0 Å². The largest absolute Gasteiger partial charge is 0.350 e. The fourth-order valence-corrected chi connectivity index (χ4v) is 1.74. The molecule has 0 unspecified atom stereocenters. The van der Waals surface area contributed by atoms with Crippen molar-refractivity contribution in [2.24, 2.45) is 5.92 Å². The number of aryl methyl sites for hydroxylation is 1. The van der Waals surface area contributed by atoms with Gasteiger partial charge in [0.15, 0.2) is 0 Å². The molecule has 4 heteroatoms. The summed E-state index contributed by atoms with van der Waals surface area (Å²) >= 11 is 0. The van der Waals surface area contributed by atoms with Gasteiger partial charge in [0, 0.05) is 19.3 Å². The quantitative estimate of drug-likeness (QED) is 0.774. The molecule has 0 radical (unpaired) electrons. The van der Waals surface area contributed by atoms with Crippen LogP contribution in [0.3, 0.4) is 0 Å². The van der Waals surface area contributed by atoms with E-state index in [1.807, 2.05) is 6.07 Å². The predicted molar refractivity (Wildman–Crippen MR) is 61.8 cm³/mol. The Morgan fingerprint density at radius 2 is 2.44 bits per heavy atom. The number of carbonyl (C=O) groups is 1. The molecule has 0 spiro atoms. The molecule has 1 aromatic rings. The molecule has 2 rings (SSSR count). The second-order valence-electron chi connectivity index (χ2n) is 4.04. The third-order valence-corrected chi connectivity index (χ3v) is 2.95. The van der Waals surface area contributed by atoms with E-state index in [1.165, 1.54) is 5.56 Å². The van der Waals surface area contributed by atoms with E-state index in [4.69, 9.17) is 0 Å². The maximum Gasteiger partial charge on any atom is 0.226 e. The van der Waals surface area contributed by atoms with Crippen LogP contribution < -0.4 is 10.6 Å². The lowest BCUT2D eigenvalue weighted by molar-refractivity contribution is -0.126. The first-order valence-electron chi connectivity index (χ1n) is 5.72. The molecular weight excluding hydrogens is 202 g/mol. The van der Waals surface area contributed by atoms with Crippen LogP contribution in [0.2, 0.25) is 0 Å². The molecule has 1 amide bonds. The van der Waals surface area contributed by atoms with Crippen molar-refractivity contribution in [3.8, 4) is 0 Å². The van der Waals surface area contributed by atoms with E-state index in [0.717, 1.165) is 25.2 Å². The van der Waals surface area contributed by atoms with E-state index in [2.05, 4.69) is 28.6 Å². The van der Waals surface area contributed by atoms with Crippen molar-refractivity contribution < 1.29 is 4.79 Å². The van der Waals surface area contributed by atoms with Gasteiger partial charge in [-0.05, 0) is 18.1 Å². The van der Waals surface area contributed by atoms with Gasteiger partial charge in [-0.2, -0.15) is 0 Å². The molecule has 1 aliphatic heterocycles. The van der Waals surface area contributed by atoms with Crippen LogP contribution in [-0.2, 0) is 17.8 Å². The van der Waals surface area contributed by atoms with Gasteiger partial charge in [-0.15, -0.1) is 0 Å². The van der Waals surface area contributed by atoms with Gasteiger partial charge >= 0.3 is 0 Å². The molecule has 1 fully saturated rings. The van der Waals surface area contributed by atoms with E-state index in [-0.39, 0.29) is 11.8 Å². The number of nitrogens with one attached hydrogen (secondary N) is 2. The average Bonchev–Trinajstić information content (AvgIpc) is 2.24. The van der Waals surface area contributed by atoms with Crippen molar-refractivity contribution >= 4 is 5.91 Å². The van der Waals surface area contributed by atoms with Gasteiger partial charge in [0.05, 0.1) is 18.2 Å². The molecule has 2 N–H and O–H groups in total. The number of hydrogen-bond donors (Lipinski definition) is 2. The zero-order chi connectivity index (χ0) is 11.4. The molecule has 0 atom stereocenters. The minimum atomic E-state index is 0.131. The van der Waals surface area contributed by atoms with E-state index < -0.39 is 0 Å². The average molecular weight is 219 g/mol. The molecule has 16 heavy (non-hydrogen) atoms. The van der Waals surface area contributed by atoms with E-state index in [1.54, 1.807) is 6.20 Å². The molecule has 0 saturated carbocycles. The van der Waals surface area contributed by atoms with Gasteiger partial charge in [-0.1, -0.05) is 13.0 Å². The highest BCUT2D eigenvalue weighted by molar-refractivity contribution is 5.79. The Balaban J connectivity index is 1.90. The van der Waals surface area contributed by atoms with Crippen LogP contribution in [-0.4, -0.2) is 24.0 Å². The molecular formula is C12H17N3O. The summed E-state index contributed by atoms with van der Waals surface area (Å²) in [6.07, 6.45) is 2.72. The SMILES string of the molecule is CCc1cccnc1CNC(=O)C1CNC1. The highest BCUT2D eigenvalue weighted by atomic mass is 16.2. The number of pyridine rings is 1. The van der Waals surface area contributed by atoms with Gasteiger partial charge in [-0.3, -0.25) is 9.78 Å². The summed E-state index contributed by atoms with van der Waals surface area (Å²) in [6, 6.07) is 3.99. The van der Waals surface area contributed by atoms with Crippen LogP contribution in [0.5, 0.6) is 0 Å². The zero-order valence-electron chi connectivity index (χ0n) is 9.49. The Kier molecular flexibility index (Phi) is 3.51. The summed E-state index contributed by atoms with van der Waals surface area (Å²) in [7, 11) is 0. The molecule has 4 nitrogen and oxygen atoms in total. The van der Waals surface area contributed by atoms with Crippen LogP contribution in [0.25, 0.3) is 0 Å². The van der Waals surface area contributed by atoms with Crippen molar-refractivity contribution in [2.45, 2.75) is 19.9 Å². The van der Waals surface area contributed by atoms with Crippen molar-refractivity contribution in [1.82, 2.24) is 15.6 Å². The third kappa shape index (κ3) is 2.39. The Morgan fingerprint density at radius 3 is 3.06 bits per heavy atom. The lowest BCUT2D eigenvalue weighted by Gasteiger charge is -2.25. The Labute approximate surface area is 95.5 Å². The Hall–Kier alpha value is -1.42.